The van der Waals surface area contributed by atoms with Crippen LogP contribution in [0.15, 0.2) is 34.7 Å². The number of carbonyl (C=O) groups is 1. The van der Waals surface area contributed by atoms with E-state index in [0.717, 1.165) is 17.2 Å². The molecule has 0 unspecified atom stereocenters. The van der Waals surface area contributed by atoms with Gasteiger partial charge in [-0.3, -0.25) is 4.79 Å². The van der Waals surface area contributed by atoms with E-state index in [-0.39, 0.29) is 12.4 Å². The van der Waals surface area contributed by atoms with Crippen molar-refractivity contribution < 1.29 is 44.7 Å². The first-order valence-corrected chi connectivity index (χ1v) is 8.93. The Morgan fingerprint density at radius 1 is 0.969 bits per heavy atom. The molecule has 3 aromatic rings. The zero-order chi connectivity index (χ0) is 23.8. The highest BCUT2D eigenvalue weighted by Crippen LogP contribution is 2.38. The Bertz CT molecular complexity index is 1160. The standard InChI is InChI=1S/C21H14F7NO3/c1-9-3-4-10(2)13(7-9)31-8-11-5-6-12(32-11)20(30)29-19-17(24)15(22)14(21(26,27)28)16(23)18(19)25/h3-7H,8H2,1-2H3,(H,29,30). The molecule has 0 atom stereocenters. The molecular formula is C21H14F7NO3. The van der Waals surface area contributed by atoms with Crippen LogP contribution in [0.5, 0.6) is 5.75 Å². The van der Waals surface area contributed by atoms with Gasteiger partial charge in [0.25, 0.3) is 5.91 Å². The highest BCUT2D eigenvalue weighted by atomic mass is 19.4. The number of halogens is 7. The van der Waals surface area contributed by atoms with E-state index in [4.69, 9.17) is 9.15 Å². The summed E-state index contributed by atoms with van der Waals surface area (Å²) < 4.78 is 104. The number of aryl methyl sites for hydroxylation is 2. The van der Waals surface area contributed by atoms with Crippen molar-refractivity contribution in [1.82, 2.24) is 0 Å². The van der Waals surface area contributed by atoms with Crippen LogP contribution in [0.1, 0.15) is 33.0 Å². The van der Waals surface area contributed by atoms with Crippen LogP contribution in [0, 0.1) is 37.1 Å². The molecule has 1 heterocycles. The SMILES string of the molecule is Cc1ccc(C)c(OCc2ccc(C(=O)Nc3c(F)c(F)c(C(F)(F)F)c(F)c3F)o2)c1. The molecule has 0 spiro atoms. The second-order valence-corrected chi connectivity index (χ2v) is 6.78. The minimum atomic E-state index is -5.69. The van der Waals surface area contributed by atoms with Crippen LogP contribution in [-0.2, 0) is 12.8 Å². The number of benzene rings is 2. The van der Waals surface area contributed by atoms with E-state index < -0.39 is 52.4 Å². The molecule has 0 aliphatic heterocycles. The lowest BCUT2D eigenvalue weighted by molar-refractivity contribution is -0.143. The zero-order valence-electron chi connectivity index (χ0n) is 16.5. The lowest BCUT2D eigenvalue weighted by atomic mass is 10.1. The summed E-state index contributed by atoms with van der Waals surface area (Å²) in [5.74, 6) is -11.4. The molecule has 32 heavy (non-hydrogen) atoms. The predicted octanol–water partition coefficient (Wildman–Crippen LogP) is 6.30. The van der Waals surface area contributed by atoms with Gasteiger partial charge >= 0.3 is 6.18 Å². The number of nitrogens with one attached hydrogen (secondary N) is 1. The smallest absolute Gasteiger partial charge is 0.422 e. The lowest BCUT2D eigenvalue weighted by Gasteiger charge is -2.14. The molecule has 1 aromatic heterocycles. The second kappa shape index (κ2) is 8.56. The van der Waals surface area contributed by atoms with Crippen LogP contribution >= 0.6 is 0 Å². The molecule has 0 bridgehead atoms. The number of hydrogen-bond acceptors (Lipinski definition) is 3. The summed E-state index contributed by atoms with van der Waals surface area (Å²) in [7, 11) is 0. The predicted molar refractivity (Wildman–Crippen MR) is 98.2 cm³/mol. The molecule has 2 aromatic carbocycles. The third-order valence-electron chi connectivity index (χ3n) is 4.38. The molecule has 0 aliphatic rings. The molecule has 0 saturated heterocycles. The topological polar surface area (TPSA) is 51.5 Å². The summed E-state index contributed by atoms with van der Waals surface area (Å²) >= 11 is 0. The molecule has 4 nitrogen and oxygen atoms in total. The summed E-state index contributed by atoms with van der Waals surface area (Å²) in [4.78, 5) is 12.2. The maximum atomic E-state index is 13.9. The maximum absolute atomic E-state index is 13.9. The Morgan fingerprint density at radius 3 is 2.19 bits per heavy atom. The van der Waals surface area contributed by atoms with Gasteiger partial charge in [0.05, 0.1) is 0 Å². The molecule has 0 fully saturated rings. The van der Waals surface area contributed by atoms with Crippen LogP contribution in [0.4, 0.5) is 36.4 Å². The zero-order valence-corrected chi connectivity index (χ0v) is 16.5. The minimum Gasteiger partial charge on any atom is -0.485 e. The Morgan fingerprint density at radius 2 is 1.59 bits per heavy atom. The van der Waals surface area contributed by atoms with Gasteiger partial charge in [0.15, 0.2) is 29.0 Å². The first-order chi connectivity index (χ1) is 14.9. The molecule has 170 valence electrons. The van der Waals surface area contributed by atoms with Gasteiger partial charge in [-0.05, 0) is 43.2 Å². The normalized spacial score (nSPS) is 11.5. The molecule has 0 radical (unpaired) electrons. The fourth-order valence-electron chi connectivity index (χ4n) is 2.75. The first-order valence-electron chi connectivity index (χ1n) is 8.93. The molecule has 0 aliphatic carbocycles. The Hall–Kier alpha value is -3.50. The van der Waals surface area contributed by atoms with E-state index in [1.54, 1.807) is 13.0 Å². The molecule has 0 saturated carbocycles. The van der Waals surface area contributed by atoms with E-state index in [9.17, 15) is 35.5 Å². The average Bonchev–Trinajstić information content (AvgIpc) is 3.18. The van der Waals surface area contributed by atoms with E-state index >= 15 is 0 Å². The van der Waals surface area contributed by atoms with Crippen LogP contribution in [0.3, 0.4) is 0 Å². The Kier molecular flexibility index (Phi) is 6.20. The highest BCUT2D eigenvalue weighted by Gasteiger charge is 2.42. The molecule has 3 rings (SSSR count). The maximum Gasteiger partial charge on any atom is 0.422 e. The van der Waals surface area contributed by atoms with Gasteiger partial charge in [-0.2, -0.15) is 13.2 Å². The summed E-state index contributed by atoms with van der Waals surface area (Å²) in [5.41, 5.74) is -2.69. The van der Waals surface area contributed by atoms with Crippen molar-refractivity contribution >= 4 is 11.6 Å². The van der Waals surface area contributed by atoms with E-state index in [0.29, 0.717) is 5.75 Å². The summed E-state index contributed by atoms with van der Waals surface area (Å²) in [5, 5.41) is 1.49. The van der Waals surface area contributed by atoms with Crippen molar-refractivity contribution in [1.29, 1.82) is 0 Å². The molecule has 1 amide bonds. The minimum absolute atomic E-state index is 0.121. The Labute approximate surface area is 176 Å². The van der Waals surface area contributed by atoms with E-state index in [1.165, 1.54) is 11.4 Å². The summed E-state index contributed by atoms with van der Waals surface area (Å²) in [6, 6.07) is 7.87. The largest absolute Gasteiger partial charge is 0.485 e. The number of carbonyl (C=O) groups excluding carboxylic acids is 1. The number of hydrogen-bond donors (Lipinski definition) is 1. The van der Waals surface area contributed by atoms with E-state index in [2.05, 4.69) is 0 Å². The number of amides is 1. The van der Waals surface area contributed by atoms with Gasteiger partial charge in [-0.15, -0.1) is 0 Å². The second-order valence-electron chi connectivity index (χ2n) is 6.78. The van der Waals surface area contributed by atoms with Crippen LogP contribution in [0.25, 0.3) is 0 Å². The monoisotopic (exact) mass is 461 g/mol. The van der Waals surface area contributed by atoms with Crippen molar-refractivity contribution in [2.75, 3.05) is 5.32 Å². The molecular weight excluding hydrogens is 447 g/mol. The molecule has 1 N–H and O–H groups in total. The summed E-state index contributed by atoms with van der Waals surface area (Å²) in [6.45, 7) is 3.54. The average molecular weight is 461 g/mol. The Balaban J connectivity index is 1.79. The van der Waals surface area contributed by atoms with Gasteiger partial charge < -0.3 is 14.5 Å². The van der Waals surface area contributed by atoms with Crippen molar-refractivity contribution in [3.8, 4) is 5.75 Å². The number of anilines is 1. The first kappa shape index (κ1) is 23.2. The van der Waals surface area contributed by atoms with Gasteiger partial charge in [0, 0.05) is 0 Å². The number of ether oxygens (including phenoxy) is 1. The van der Waals surface area contributed by atoms with Gasteiger partial charge in [-0.1, -0.05) is 12.1 Å². The fourth-order valence-corrected chi connectivity index (χ4v) is 2.75. The lowest BCUT2D eigenvalue weighted by Crippen LogP contribution is -2.20. The van der Waals surface area contributed by atoms with Crippen molar-refractivity contribution in [2.24, 2.45) is 0 Å². The highest BCUT2D eigenvalue weighted by molar-refractivity contribution is 6.02. The van der Waals surface area contributed by atoms with Gasteiger partial charge in [0.2, 0.25) is 0 Å². The van der Waals surface area contributed by atoms with Crippen LogP contribution < -0.4 is 10.1 Å². The van der Waals surface area contributed by atoms with Crippen molar-refractivity contribution in [2.45, 2.75) is 26.6 Å². The third kappa shape index (κ3) is 4.56. The summed E-state index contributed by atoms with van der Waals surface area (Å²) in [6.07, 6.45) is -5.69. The van der Waals surface area contributed by atoms with E-state index in [1.807, 2.05) is 19.1 Å². The van der Waals surface area contributed by atoms with Crippen LogP contribution in [0.2, 0.25) is 0 Å². The van der Waals surface area contributed by atoms with Crippen LogP contribution in [-0.4, -0.2) is 5.91 Å². The number of rotatable bonds is 5. The quantitative estimate of drug-likeness (QED) is 0.358. The number of alkyl halides is 3. The van der Waals surface area contributed by atoms with Gasteiger partial charge in [-0.25, -0.2) is 17.6 Å². The van der Waals surface area contributed by atoms with Crippen molar-refractivity contribution in [3.05, 3.63) is 81.8 Å². The third-order valence-corrected chi connectivity index (χ3v) is 4.38. The molecule has 11 heteroatoms. The number of furan rings is 1. The fraction of sp³-hybridized carbons (Fsp3) is 0.190. The van der Waals surface area contributed by atoms with Gasteiger partial charge in [0.1, 0.15) is 29.4 Å². The van der Waals surface area contributed by atoms with Crippen molar-refractivity contribution in [3.63, 3.8) is 0 Å².